The van der Waals surface area contributed by atoms with E-state index in [-0.39, 0.29) is 6.42 Å². The summed E-state index contributed by atoms with van der Waals surface area (Å²) in [6.07, 6.45) is 2.86. The quantitative estimate of drug-likeness (QED) is 0.476. The fraction of sp³-hybridized carbons (Fsp3) is 0.333. The molecule has 0 fully saturated rings. The van der Waals surface area contributed by atoms with Crippen LogP contribution in [0.5, 0.6) is 0 Å². The third-order valence-electron chi connectivity index (χ3n) is 4.63. The molecule has 1 amide bonds. The van der Waals surface area contributed by atoms with Gasteiger partial charge < -0.3 is 15.3 Å². The Morgan fingerprint density at radius 2 is 1.77 bits per heavy atom. The van der Waals surface area contributed by atoms with E-state index < -0.39 is 30.1 Å². The van der Waals surface area contributed by atoms with Gasteiger partial charge in [0, 0.05) is 31.1 Å². The lowest BCUT2D eigenvalue weighted by Gasteiger charge is -2.25. The molecule has 1 atom stereocenters. The lowest BCUT2D eigenvalue weighted by Crippen LogP contribution is -2.48. The minimum Gasteiger partial charge on any atom is -0.388 e. The number of Topliss-reactive ketones (excluding diaryl/α,β-unsaturated/α-hetero) is 2. The second-order valence-electron chi connectivity index (χ2n) is 6.95. The molecule has 0 aliphatic rings. The van der Waals surface area contributed by atoms with Crippen molar-refractivity contribution in [3.63, 3.8) is 0 Å². The number of rotatable bonds is 9. The van der Waals surface area contributed by atoms with Crippen LogP contribution in [0.2, 0.25) is 0 Å². The first kappa shape index (κ1) is 23.8. The van der Waals surface area contributed by atoms with Crippen molar-refractivity contribution in [3.8, 4) is 11.8 Å². The Bertz CT molecular complexity index is 957. The van der Waals surface area contributed by atoms with E-state index in [0.717, 1.165) is 23.6 Å². The number of benzene rings is 1. The van der Waals surface area contributed by atoms with Crippen LogP contribution in [0, 0.1) is 11.8 Å². The molecule has 1 aromatic heterocycles. The summed E-state index contributed by atoms with van der Waals surface area (Å²) in [7, 11) is 1.38. The molecule has 162 valence electrons. The van der Waals surface area contributed by atoms with Gasteiger partial charge in [0.25, 0.3) is 5.91 Å². The van der Waals surface area contributed by atoms with Gasteiger partial charge in [-0.25, -0.2) is 4.98 Å². The molecule has 0 spiro atoms. The topological polar surface area (TPSA) is 99.6 Å². The third kappa shape index (κ3) is 6.49. The summed E-state index contributed by atoms with van der Waals surface area (Å²) < 4.78 is 0. The van der Waals surface area contributed by atoms with E-state index in [2.05, 4.69) is 29.1 Å². The Morgan fingerprint density at radius 1 is 1.06 bits per heavy atom. The van der Waals surface area contributed by atoms with Crippen molar-refractivity contribution in [1.29, 1.82) is 0 Å². The molecule has 0 aliphatic carbocycles. The molecule has 2 aromatic rings. The van der Waals surface area contributed by atoms with Gasteiger partial charge in [-0.15, -0.1) is 0 Å². The highest BCUT2D eigenvalue weighted by Gasteiger charge is 2.32. The van der Waals surface area contributed by atoms with E-state index in [0.29, 0.717) is 16.8 Å². The number of nitrogens with one attached hydrogen (secondary N) is 1. The molecule has 7 heteroatoms. The standard InChI is InChI=1S/C24H27N3O4/c1-4-14-25-20-13-12-19(26-15-20)11-8-17-6-9-18(10-7-17)24(31)27(3)23(21(29)5-2)22(30)16-28/h6-7,9-10,12-13,15,23,25,28H,4-5,14,16H2,1-3H3. The average Bonchev–Trinajstić information content (AvgIpc) is 2.81. The Hall–Kier alpha value is -3.50. The Balaban J connectivity index is 2.11. The maximum absolute atomic E-state index is 12.7. The molecule has 0 aliphatic heterocycles. The molecule has 1 aromatic carbocycles. The predicted octanol–water partition coefficient (Wildman–Crippen LogP) is 2.28. The SMILES string of the molecule is CCCNc1ccc(C#Cc2ccc(C(=O)N(C)C(C(=O)CC)C(=O)CO)cc2)nc1. The van der Waals surface area contributed by atoms with Crippen molar-refractivity contribution in [2.45, 2.75) is 32.7 Å². The molecule has 2 N–H and O–H groups in total. The van der Waals surface area contributed by atoms with Crippen LogP contribution >= 0.6 is 0 Å². The van der Waals surface area contributed by atoms with E-state index in [4.69, 9.17) is 5.11 Å². The zero-order valence-electron chi connectivity index (χ0n) is 18.0. The maximum atomic E-state index is 12.7. The van der Waals surface area contributed by atoms with Crippen LogP contribution in [0.25, 0.3) is 0 Å². The predicted molar refractivity (Wildman–Crippen MR) is 119 cm³/mol. The first-order valence-corrected chi connectivity index (χ1v) is 10.2. The fourth-order valence-electron chi connectivity index (χ4n) is 2.89. The number of ketones is 2. The van der Waals surface area contributed by atoms with Gasteiger partial charge in [0.05, 0.1) is 11.9 Å². The molecule has 7 nitrogen and oxygen atoms in total. The lowest BCUT2D eigenvalue weighted by molar-refractivity contribution is -0.134. The van der Waals surface area contributed by atoms with Gasteiger partial charge in [-0.2, -0.15) is 0 Å². The molecule has 1 heterocycles. The minimum absolute atomic E-state index is 0.0895. The highest BCUT2D eigenvalue weighted by atomic mass is 16.3. The van der Waals surface area contributed by atoms with E-state index in [1.54, 1.807) is 37.4 Å². The fourth-order valence-corrected chi connectivity index (χ4v) is 2.89. The van der Waals surface area contributed by atoms with Gasteiger partial charge in [0.15, 0.2) is 17.6 Å². The van der Waals surface area contributed by atoms with Gasteiger partial charge in [-0.3, -0.25) is 14.4 Å². The first-order chi connectivity index (χ1) is 14.9. The summed E-state index contributed by atoms with van der Waals surface area (Å²) in [5, 5.41) is 12.4. The number of aromatic nitrogens is 1. The summed E-state index contributed by atoms with van der Waals surface area (Å²) in [6, 6.07) is 9.02. The van der Waals surface area contributed by atoms with E-state index >= 15 is 0 Å². The van der Waals surface area contributed by atoms with Crippen LogP contribution in [-0.4, -0.2) is 58.7 Å². The second kappa shape index (κ2) is 11.6. The normalized spacial score (nSPS) is 11.1. The van der Waals surface area contributed by atoms with Crippen molar-refractivity contribution >= 4 is 23.2 Å². The van der Waals surface area contributed by atoms with Gasteiger partial charge >= 0.3 is 0 Å². The van der Waals surface area contributed by atoms with Crippen LogP contribution in [0.1, 0.15) is 48.3 Å². The minimum atomic E-state index is -1.29. The summed E-state index contributed by atoms with van der Waals surface area (Å²) in [4.78, 5) is 42.1. The number of aliphatic hydroxyl groups is 1. The number of aliphatic hydroxyl groups excluding tert-OH is 1. The van der Waals surface area contributed by atoms with Crippen LogP contribution in [0.3, 0.4) is 0 Å². The first-order valence-electron chi connectivity index (χ1n) is 10.2. The van der Waals surface area contributed by atoms with Gasteiger partial charge in [0.1, 0.15) is 12.3 Å². The maximum Gasteiger partial charge on any atom is 0.254 e. The molecule has 0 saturated carbocycles. The summed E-state index contributed by atoms with van der Waals surface area (Å²) >= 11 is 0. The molecular formula is C24H27N3O4. The Kier molecular flexibility index (Phi) is 8.92. The van der Waals surface area contributed by atoms with Crippen molar-refractivity contribution in [2.24, 2.45) is 0 Å². The van der Waals surface area contributed by atoms with E-state index in [1.165, 1.54) is 7.05 Å². The van der Waals surface area contributed by atoms with Crippen molar-refractivity contribution in [1.82, 2.24) is 9.88 Å². The smallest absolute Gasteiger partial charge is 0.254 e. The van der Waals surface area contributed by atoms with Gasteiger partial charge in [-0.1, -0.05) is 19.8 Å². The number of pyridine rings is 1. The Labute approximate surface area is 182 Å². The highest BCUT2D eigenvalue weighted by Crippen LogP contribution is 2.12. The van der Waals surface area contributed by atoms with Gasteiger partial charge in [0.2, 0.25) is 0 Å². The van der Waals surface area contributed by atoms with E-state index in [9.17, 15) is 14.4 Å². The zero-order valence-corrected chi connectivity index (χ0v) is 18.0. The second-order valence-corrected chi connectivity index (χ2v) is 6.95. The van der Waals surface area contributed by atoms with Crippen molar-refractivity contribution in [2.75, 3.05) is 25.5 Å². The van der Waals surface area contributed by atoms with Crippen LogP contribution < -0.4 is 5.32 Å². The van der Waals surface area contributed by atoms with E-state index in [1.807, 2.05) is 12.1 Å². The van der Waals surface area contributed by atoms with Crippen molar-refractivity contribution < 1.29 is 19.5 Å². The largest absolute Gasteiger partial charge is 0.388 e. The molecule has 0 saturated heterocycles. The third-order valence-corrected chi connectivity index (χ3v) is 4.63. The highest BCUT2D eigenvalue weighted by molar-refractivity contribution is 6.10. The molecule has 31 heavy (non-hydrogen) atoms. The summed E-state index contributed by atoms with van der Waals surface area (Å²) in [5.74, 6) is 4.38. The van der Waals surface area contributed by atoms with Crippen LogP contribution in [-0.2, 0) is 9.59 Å². The molecule has 0 radical (unpaired) electrons. The molecule has 2 rings (SSSR count). The number of anilines is 1. The summed E-state index contributed by atoms with van der Waals surface area (Å²) in [6.45, 7) is 3.78. The lowest BCUT2D eigenvalue weighted by atomic mass is 10.0. The van der Waals surface area contributed by atoms with Crippen LogP contribution in [0.4, 0.5) is 5.69 Å². The zero-order chi connectivity index (χ0) is 22.8. The molecule has 0 bridgehead atoms. The van der Waals surface area contributed by atoms with Gasteiger partial charge in [-0.05, 0) is 48.7 Å². The number of likely N-dealkylation sites (N-methyl/N-ethyl adjacent to an activating group) is 1. The molecular weight excluding hydrogens is 394 g/mol. The monoisotopic (exact) mass is 421 g/mol. The summed E-state index contributed by atoms with van der Waals surface area (Å²) in [5.41, 5.74) is 2.59. The van der Waals surface area contributed by atoms with Crippen LogP contribution in [0.15, 0.2) is 42.6 Å². The number of hydrogen-bond acceptors (Lipinski definition) is 6. The number of nitrogens with zero attached hydrogens (tertiary/aromatic N) is 2. The average molecular weight is 421 g/mol. The van der Waals surface area contributed by atoms with Crippen molar-refractivity contribution in [3.05, 3.63) is 59.4 Å². The molecule has 1 unspecified atom stereocenters. The number of hydrogen-bond donors (Lipinski definition) is 2. The number of carbonyl (C=O) groups is 3. The number of amides is 1. The Morgan fingerprint density at radius 3 is 2.32 bits per heavy atom. The number of carbonyl (C=O) groups excluding carboxylic acids is 3.